The SMILES string of the molecule is N#CC(=O)Nc1ccc(Cl)s1. The number of hydrogen-bond donors (Lipinski definition) is 1. The molecule has 0 atom stereocenters. The fraction of sp³-hybridized carbons (Fsp3) is 0. The van der Waals surface area contributed by atoms with Crippen LogP contribution in [0.4, 0.5) is 5.00 Å². The van der Waals surface area contributed by atoms with Gasteiger partial charge in [-0.15, -0.1) is 11.3 Å². The van der Waals surface area contributed by atoms with Crippen LogP contribution in [0.5, 0.6) is 0 Å². The number of anilines is 1. The first-order chi connectivity index (χ1) is 5.22. The van der Waals surface area contributed by atoms with Gasteiger partial charge in [0.05, 0.1) is 9.34 Å². The molecule has 0 saturated carbocycles. The molecule has 0 unspecified atom stereocenters. The molecule has 0 radical (unpaired) electrons. The maximum atomic E-state index is 10.5. The van der Waals surface area contributed by atoms with E-state index in [-0.39, 0.29) is 0 Å². The Morgan fingerprint density at radius 2 is 2.45 bits per heavy atom. The lowest BCUT2D eigenvalue weighted by molar-refractivity contribution is -0.111. The molecular formula is C6H3ClN2OS. The Morgan fingerprint density at radius 1 is 1.73 bits per heavy atom. The van der Waals surface area contributed by atoms with E-state index in [1.807, 2.05) is 0 Å². The van der Waals surface area contributed by atoms with Crippen molar-refractivity contribution in [2.75, 3.05) is 5.32 Å². The van der Waals surface area contributed by atoms with Crippen molar-refractivity contribution in [3.8, 4) is 6.07 Å². The van der Waals surface area contributed by atoms with Gasteiger partial charge in [0.1, 0.15) is 0 Å². The van der Waals surface area contributed by atoms with Crippen molar-refractivity contribution >= 4 is 33.8 Å². The van der Waals surface area contributed by atoms with Gasteiger partial charge in [-0.2, -0.15) is 5.26 Å². The zero-order chi connectivity index (χ0) is 8.27. The lowest BCUT2D eigenvalue weighted by Gasteiger charge is -1.90. The molecule has 5 heteroatoms. The normalized spacial score (nSPS) is 8.73. The topological polar surface area (TPSA) is 52.9 Å². The van der Waals surface area contributed by atoms with E-state index >= 15 is 0 Å². The van der Waals surface area contributed by atoms with Gasteiger partial charge in [0.15, 0.2) is 6.07 Å². The lowest BCUT2D eigenvalue weighted by atomic mass is 10.6. The minimum Gasteiger partial charge on any atom is -0.305 e. The summed E-state index contributed by atoms with van der Waals surface area (Å²) in [6, 6.07) is 4.73. The number of nitriles is 1. The van der Waals surface area contributed by atoms with Gasteiger partial charge in [-0.3, -0.25) is 4.79 Å². The summed E-state index contributed by atoms with van der Waals surface area (Å²) in [5, 5.41) is 11.0. The molecule has 3 nitrogen and oxygen atoms in total. The van der Waals surface area contributed by atoms with Crippen LogP contribution in [0.1, 0.15) is 0 Å². The smallest absolute Gasteiger partial charge is 0.305 e. The first kappa shape index (κ1) is 8.05. The summed E-state index contributed by atoms with van der Waals surface area (Å²) >= 11 is 6.79. The molecule has 1 amide bonds. The zero-order valence-corrected chi connectivity index (χ0v) is 6.87. The third-order valence-electron chi connectivity index (χ3n) is 0.911. The van der Waals surface area contributed by atoms with Crippen LogP contribution in [0.15, 0.2) is 12.1 Å². The fourth-order valence-corrected chi connectivity index (χ4v) is 1.46. The van der Waals surface area contributed by atoms with Crippen molar-refractivity contribution in [3.63, 3.8) is 0 Å². The standard InChI is InChI=1S/C6H3ClN2OS/c7-4-1-2-6(11-4)9-5(10)3-8/h1-2H,(H,9,10). The van der Waals surface area contributed by atoms with Gasteiger partial charge >= 0.3 is 5.91 Å². The molecule has 0 aliphatic heterocycles. The second-order valence-corrected chi connectivity index (χ2v) is 3.38. The van der Waals surface area contributed by atoms with Gasteiger partial charge < -0.3 is 5.32 Å². The molecule has 11 heavy (non-hydrogen) atoms. The summed E-state index contributed by atoms with van der Waals surface area (Å²) in [7, 11) is 0. The van der Waals surface area contributed by atoms with E-state index in [2.05, 4.69) is 5.32 Å². The second kappa shape index (κ2) is 3.37. The highest BCUT2D eigenvalue weighted by molar-refractivity contribution is 7.20. The van der Waals surface area contributed by atoms with Crippen molar-refractivity contribution in [1.82, 2.24) is 0 Å². The zero-order valence-electron chi connectivity index (χ0n) is 5.30. The third-order valence-corrected chi connectivity index (χ3v) is 2.06. The molecule has 0 aromatic carbocycles. The molecule has 1 N–H and O–H groups in total. The molecule has 1 aromatic rings. The third kappa shape index (κ3) is 2.22. The molecule has 0 saturated heterocycles. The summed E-state index contributed by atoms with van der Waals surface area (Å²) in [5.74, 6) is -0.677. The van der Waals surface area contributed by atoms with Crippen molar-refractivity contribution in [2.24, 2.45) is 0 Å². The van der Waals surface area contributed by atoms with Crippen LogP contribution in [-0.4, -0.2) is 5.91 Å². The first-order valence-corrected chi connectivity index (χ1v) is 3.88. The molecule has 0 spiro atoms. The molecule has 56 valence electrons. The van der Waals surface area contributed by atoms with Crippen LogP contribution in [0, 0.1) is 11.3 Å². The highest BCUT2D eigenvalue weighted by Gasteiger charge is 2.01. The van der Waals surface area contributed by atoms with Crippen molar-refractivity contribution < 1.29 is 4.79 Å². The quantitative estimate of drug-likeness (QED) is 0.681. The summed E-state index contributed by atoms with van der Waals surface area (Å²) in [4.78, 5) is 10.5. The number of nitrogens with one attached hydrogen (secondary N) is 1. The van der Waals surface area contributed by atoms with Crippen LogP contribution in [-0.2, 0) is 4.79 Å². The first-order valence-electron chi connectivity index (χ1n) is 2.69. The van der Waals surface area contributed by atoms with E-state index in [0.717, 1.165) is 0 Å². The Kier molecular flexibility index (Phi) is 2.47. The summed E-state index contributed by atoms with van der Waals surface area (Å²) in [6.45, 7) is 0. The monoisotopic (exact) mass is 186 g/mol. The number of thiophene rings is 1. The van der Waals surface area contributed by atoms with Gasteiger partial charge in [0.2, 0.25) is 0 Å². The molecule has 0 aliphatic carbocycles. The predicted molar refractivity (Wildman–Crippen MR) is 43.6 cm³/mol. The summed E-state index contributed by atoms with van der Waals surface area (Å²) < 4.78 is 0.582. The lowest BCUT2D eigenvalue weighted by Crippen LogP contribution is -2.05. The average Bonchev–Trinajstić information content (AvgIpc) is 2.35. The Labute approximate surface area is 72.2 Å². The van der Waals surface area contributed by atoms with E-state index in [9.17, 15) is 4.79 Å². The van der Waals surface area contributed by atoms with Crippen molar-refractivity contribution in [3.05, 3.63) is 16.5 Å². The highest BCUT2D eigenvalue weighted by atomic mass is 35.5. The minimum atomic E-state index is -0.677. The van der Waals surface area contributed by atoms with Gasteiger partial charge in [0.25, 0.3) is 0 Å². The Morgan fingerprint density at radius 3 is 2.91 bits per heavy atom. The van der Waals surface area contributed by atoms with E-state index in [1.165, 1.54) is 17.4 Å². The Bertz CT molecular complexity index is 315. The fourth-order valence-electron chi connectivity index (χ4n) is 0.521. The predicted octanol–water partition coefficient (Wildman–Crippen LogP) is 1.86. The average molecular weight is 187 g/mol. The number of rotatable bonds is 1. The number of carbonyl (C=O) groups excluding carboxylic acids is 1. The molecule has 0 bridgehead atoms. The van der Waals surface area contributed by atoms with Gasteiger partial charge in [-0.25, -0.2) is 0 Å². The number of amides is 1. The maximum Gasteiger partial charge on any atom is 0.327 e. The van der Waals surface area contributed by atoms with Crippen LogP contribution in [0.2, 0.25) is 4.34 Å². The van der Waals surface area contributed by atoms with Gasteiger partial charge in [-0.05, 0) is 12.1 Å². The molecule has 1 rings (SSSR count). The van der Waals surface area contributed by atoms with E-state index < -0.39 is 5.91 Å². The second-order valence-electron chi connectivity index (χ2n) is 1.67. The molecule has 0 aliphatic rings. The molecular weight excluding hydrogens is 184 g/mol. The van der Waals surface area contributed by atoms with Crippen LogP contribution < -0.4 is 5.32 Å². The van der Waals surface area contributed by atoms with Crippen LogP contribution >= 0.6 is 22.9 Å². The van der Waals surface area contributed by atoms with Crippen molar-refractivity contribution in [2.45, 2.75) is 0 Å². The van der Waals surface area contributed by atoms with Crippen LogP contribution in [0.25, 0.3) is 0 Å². The maximum absolute atomic E-state index is 10.5. The summed E-state index contributed by atoms with van der Waals surface area (Å²) in [6.07, 6.45) is 0. The Balaban J connectivity index is 2.66. The van der Waals surface area contributed by atoms with E-state index in [4.69, 9.17) is 16.9 Å². The highest BCUT2D eigenvalue weighted by Crippen LogP contribution is 2.25. The largest absolute Gasteiger partial charge is 0.327 e. The number of nitrogens with zero attached hydrogens (tertiary/aromatic N) is 1. The molecule has 1 heterocycles. The van der Waals surface area contributed by atoms with Gasteiger partial charge in [-0.1, -0.05) is 11.6 Å². The molecule has 0 fully saturated rings. The van der Waals surface area contributed by atoms with E-state index in [1.54, 1.807) is 12.1 Å². The molecule has 1 aromatic heterocycles. The number of carbonyl (C=O) groups is 1. The van der Waals surface area contributed by atoms with Crippen molar-refractivity contribution in [1.29, 1.82) is 5.26 Å². The minimum absolute atomic E-state index is 0.582. The number of halogens is 1. The summed E-state index contributed by atoms with van der Waals surface area (Å²) in [5.41, 5.74) is 0. The Hall–Kier alpha value is -1.05. The number of hydrogen-bond acceptors (Lipinski definition) is 3. The van der Waals surface area contributed by atoms with E-state index in [0.29, 0.717) is 9.34 Å². The van der Waals surface area contributed by atoms with Gasteiger partial charge in [0, 0.05) is 0 Å². The van der Waals surface area contributed by atoms with Crippen LogP contribution in [0.3, 0.4) is 0 Å².